The second kappa shape index (κ2) is 9.43. The van der Waals surface area contributed by atoms with Gasteiger partial charge < -0.3 is 8.98 Å². The van der Waals surface area contributed by atoms with E-state index >= 15 is 0 Å². The lowest BCUT2D eigenvalue weighted by atomic mass is 9.99. The van der Waals surface area contributed by atoms with E-state index in [-0.39, 0.29) is 0 Å². The molecule has 7 aromatic carbocycles. The topological polar surface area (TPSA) is 18.1 Å². The average Bonchev–Trinajstić information content (AvgIpc) is 3.78. The lowest BCUT2D eigenvalue weighted by molar-refractivity contribution is 0.673. The minimum atomic E-state index is 0.919. The first-order valence-electron chi connectivity index (χ1n) is 15.3. The Hall–Kier alpha value is -5.64. The van der Waals surface area contributed by atoms with E-state index in [4.69, 9.17) is 4.42 Å². The Balaban J connectivity index is 1.28. The summed E-state index contributed by atoms with van der Waals surface area (Å²) >= 11 is 1.87. The second-order valence-corrected chi connectivity index (χ2v) is 12.7. The van der Waals surface area contributed by atoms with E-state index in [2.05, 4.69) is 150 Å². The Labute approximate surface area is 263 Å². The molecule has 0 bridgehead atoms. The molecule has 0 aliphatic rings. The van der Waals surface area contributed by atoms with Crippen LogP contribution in [0.2, 0.25) is 0 Å². The van der Waals surface area contributed by atoms with Crippen molar-refractivity contribution in [1.82, 2.24) is 4.57 Å². The molecular formula is C42H25NOS. The summed E-state index contributed by atoms with van der Waals surface area (Å²) in [5, 5.41) is 7.25. The smallest absolute Gasteiger partial charge is 0.145 e. The fraction of sp³-hybridized carbons (Fsp3) is 0. The van der Waals surface area contributed by atoms with Crippen molar-refractivity contribution in [2.45, 2.75) is 0 Å². The SMILES string of the molecule is c1ccc(-c2ccc(-c3ccc4c5c6oc7ccccc7c6ccc5n(-c5cccc6c5sc5ccccc56)c4c3)cc2)cc1. The molecule has 0 saturated carbocycles. The number of rotatable bonds is 3. The van der Waals surface area contributed by atoms with Gasteiger partial charge in [0.25, 0.3) is 0 Å². The van der Waals surface area contributed by atoms with Crippen LogP contribution in [-0.4, -0.2) is 4.57 Å². The molecular weight excluding hydrogens is 567 g/mol. The summed E-state index contributed by atoms with van der Waals surface area (Å²) in [4.78, 5) is 0. The maximum absolute atomic E-state index is 6.62. The molecule has 3 heterocycles. The molecule has 0 saturated heterocycles. The van der Waals surface area contributed by atoms with Gasteiger partial charge in [0.1, 0.15) is 11.2 Å². The van der Waals surface area contributed by atoms with Crippen LogP contribution < -0.4 is 0 Å². The zero-order valence-corrected chi connectivity index (χ0v) is 25.0. The largest absolute Gasteiger partial charge is 0.455 e. The van der Waals surface area contributed by atoms with Gasteiger partial charge in [-0.2, -0.15) is 0 Å². The van der Waals surface area contributed by atoms with Crippen molar-refractivity contribution in [2.75, 3.05) is 0 Å². The first-order valence-corrected chi connectivity index (χ1v) is 16.1. The zero-order chi connectivity index (χ0) is 29.5. The number of thiophene rings is 1. The van der Waals surface area contributed by atoms with Crippen LogP contribution in [0.4, 0.5) is 0 Å². The normalized spacial score (nSPS) is 12.0. The highest BCUT2D eigenvalue weighted by Crippen LogP contribution is 2.44. The van der Waals surface area contributed by atoms with E-state index < -0.39 is 0 Å². The molecule has 0 fully saturated rings. The van der Waals surface area contributed by atoms with Crippen molar-refractivity contribution in [1.29, 1.82) is 0 Å². The average molecular weight is 592 g/mol. The van der Waals surface area contributed by atoms with E-state index in [0.29, 0.717) is 0 Å². The van der Waals surface area contributed by atoms with Gasteiger partial charge in [-0.1, -0.05) is 115 Å². The van der Waals surface area contributed by atoms with Crippen LogP contribution in [0.3, 0.4) is 0 Å². The number of para-hydroxylation sites is 1. The predicted octanol–water partition coefficient (Wildman–Crippen LogP) is 12.4. The Morgan fingerprint density at radius 2 is 1.11 bits per heavy atom. The second-order valence-electron chi connectivity index (χ2n) is 11.7. The molecule has 3 heteroatoms. The first kappa shape index (κ1) is 24.8. The minimum Gasteiger partial charge on any atom is -0.455 e. The van der Waals surface area contributed by atoms with Crippen molar-refractivity contribution in [2.24, 2.45) is 0 Å². The number of nitrogens with zero attached hydrogens (tertiary/aromatic N) is 1. The Morgan fingerprint density at radius 1 is 0.444 bits per heavy atom. The first-order chi connectivity index (χ1) is 22.3. The third kappa shape index (κ3) is 3.62. The number of aromatic nitrogens is 1. The van der Waals surface area contributed by atoms with Gasteiger partial charge in [0, 0.05) is 31.6 Å². The minimum absolute atomic E-state index is 0.919. The third-order valence-corrected chi connectivity index (χ3v) is 10.4. The summed E-state index contributed by atoms with van der Waals surface area (Å²) in [7, 11) is 0. The Kier molecular flexibility index (Phi) is 5.19. The number of hydrogen-bond acceptors (Lipinski definition) is 2. The van der Waals surface area contributed by atoms with E-state index in [9.17, 15) is 0 Å². The lowest BCUT2D eigenvalue weighted by Crippen LogP contribution is -1.94. The Morgan fingerprint density at radius 3 is 1.98 bits per heavy atom. The molecule has 0 radical (unpaired) electrons. The standard InChI is InChI=1S/C42H25NOS/c1-2-9-26(10-3-1)27-17-19-28(20-18-27)29-21-22-34-37(25-29)43(36-14-8-13-33-31-12-5-7-16-39(31)45-42(33)36)35-24-23-32-30-11-4-6-15-38(30)44-41(32)40(34)35/h1-25H. The van der Waals surface area contributed by atoms with E-state index in [1.165, 1.54) is 59.0 Å². The summed E-state index contributed by atoms with van der Waals surface area (Å²) in [6.45, 7) is 0. The van der Waals surface area contributed by atoms with Gasteiger partial charge in [-0.15, -0.1) is 11.3 Å². The fourth-order valence-corrected chi connectivity index (χ4v) is 8.32. The summed E-state index contributed by atoms with van der Waals surface area (Å²) in [5.74, 6) is 0. The lowest BCUT2D eigenvalue weighted by Gasteiger charge is -2.11. The van der Waals surface area contributed by atoms with Crippen molar-refractivity contribution in [3.63, 3.8) is 0 Å². The van der Waals surface area contributed by atoms with Crippen LogP contribution in [0.1, 0.15) is 0 Å². The summed E-state index contributed by atoms with van der Waals surface area (Å²) in [6, 6.07) is 54.7. The number of hydrogen-bond donors (Lipinski definition) is 0. The van der Waals surface area contributed by atoms with Crippen LogP contribution in [0.15, 0.2) is 156 Å². The molecule has 0 aliphatic carbocycles. The molecule has 45 heavy (non-hydrogen) atoms. The molecule has 10 rings (SSSR count). The molecule has 0 spiro atoms. The van der Waals surface area contributed by atoms with Gasteiger partial charge in [0.05, 0.1) is 26.8 Å². The summed E-state index contributed by atoms with van der Waals surface area (Å²) in [6.07, 6.45) is 0. The number of fused-ring (bicyclic) bond motifs is 10. The molecule has 3 aromatic heterocycles. The molecule has 0 atom stereocenters. The van der Waals surface area contributed by atoms with Crippen LogP contribution in [0.25, 0.3) is 91.9 Å². The highest BCUT2D eigenvalue weighted by molar-refractivity contribution is 7.26. The fourth-order valence-electron chi connectivity index (χ4n) is 7.12. The molecule has 10 aromatic rings. The monoisotopic (exact) mass is 591 g/mol. The van der Waals surface area contributed by atoms with Crippen LogP contribution in [0.5, 0.6) is 0 Å². The van der Waals surface area contributed by atoms with Crippen molar-refractivity contribution >= 4 is 75.3 Å². The zero-order valence-electron chi connectivity index (χ0n) is 24.2. The van der Waals surface area contributed by atoms with Crippen molar-refractivity contribution in [3.05, 3.63) is 152 Å². The van der Waals surface area contributed by atoms with E-state index in [1.54, 1.807) is 0 Å². The van der Waals surface area contributed by atoms with Crippen LogP contribution in [-0.2, 0) is 0 Å². The molecule has 0 amide bonds. The maximum atomic E-state index is 6.62. The third-order valence-electron chi connectivity index (χ3n) is 9.22. The highest BCUT2D eigenvalue weighted by atomic mass is 32.1. The quantitative estimate of drug-likeness (QED) is 0.200. The van der Waals surface area contributed by atoms with Gasteiger partial charge in [-0.25, -0.2) is 0 Å². The number of furan rings is 1. The van der Waals surface area contributed by atoms with Crippen molar-refractivity contribution in [3.8, 4) is 27.9 Å². The molecule has 210 valence electrons. The molecule has 0 N–H and O–H groups in total. The van der Waals surface area contributed by atoms with E-state index in [0.717, 1.165) is 32.8 Å². The molecule has 2 nitrogen and oxygen atoms in total. The Bertz CT molecular complexity index is 2740. The molecule has 0 aliphatic heterocycles. The van der Waals surface area contributed by atoms with Crippen LogP contribution >= 0.6 is 11.3 Å². The van der Waals surface area contributed by atoms with Gasteiger partial charge in [-0.3, -0.25) is 0 Å². The van der Waals surface area contributed by atoms with Gasteiger partial charge in [0.15, 0.2) is 0 Å². The highest BCUT2D eigenvalue weighted by Gasteiger charge is 2.21. The summed E-state index contributed by atoms with van der Waals surface area (Å²) in [5.41, 5.74) is 10.2. The predicted molar refractivity (Wildman–Crippen MR) is 192 cm³/mol. The van der Waals surface area contributed by atoms with Crippen molar-refractivity contribution < 1.29 is 4.42 Å². The van der Waals surface area contributed by atoms with E-state index in [1.807, 2.05) is 17.4 Å². The van der Waals surface area contributed by atoms with Gasteiger partial charge in [-0.05, 0) is 58.7 Å². The van der Waals surface area contributed by atoms with Crippen LogP contribution in [0, 0.1) is 0 Å². The maximum Gasteiger partial charge on any atom is 0.145 e. The summed E-state index contributed by atoms with van der Waals surface area (Å²) < 4.78 is 11.7. The van der Waals surface area contributed by atoms with Gasteiger partial charge in [0.2, 0.25) is 0 Å². The number of benzene rings is 7. The van der Waals surface area contributed by atoms with Gasteiger partial charge >= 0.3 is 0 Å². The molecule has 0 unspecified atom stereocenters.